The van der Waals surface area contributed by atoms with Gasteiger partial charge in [-0.3, -0.25) is 9.69 Å². The molecule has 0 radical (unpaired) electrons. The number of nitrogens with one attached hydrogen (secondary N) is 1. The monoisotopic (exact) mass is 295 g/mol. The van der Waals surface area contributed by atoms with E-state index < -0.39 is 0 Å². The van der Waals surface area contributed by atoms with Gasteiger partial charge < -0.3 is 10.1 Å². The zero-order valence-electron chi connectivity index (χ0n) is 12.6. The number of aromatic nitrogens is 2. The minimum Gasteiger partial charge on any atom is -0.394 e. The maximum atomic E-state index is 12.2. The van der Waals surface area contributed by atoms with E-state index in [1.165, 1.54) is 0 Å². The van der Waals surface area contributed by atoms with Crippen molar-refractivity contribution in [1.82, 2.24) is 14.9 Å². The highest BCUT2D eigenvalue weighted by Crippen LogP contribution is 2.26. The first-order chi connectivity index (χ1) is 9.26. The summed E-state index contributed by atoms with van der Waals surface area (Å²) in [7, 11) is 1.91. The van der Waals surface area contributed by atoms with E-state index in [2.05, 4.69) is 9.97 Å². The highest BCUT2D eigenvalue weighted by molar-refractivity contribution is 7.18. The maximum Gasteiger partial charge on any atom is 0.259 e. The number of fused-ring (bicyclic) bond motifs is 1. The van der Waals surface area contributed by atoms with E-state index in [-0.39, 0.29) is 17.7 Å². The van der Waals surface area contributed by atoms with Gasteiger partial charge in [0.1, 0.15) is 10.7 Å². The van der Waals surface area contributed by atoms with Crippen molar-refractivity contribution in [1.29, 1.82) is 0 Å². The number of aliphatic hydroxyl groups is 1. The molecule has 20 heavy (non-hydrogen) atoms. The molecule has 0 amide bonds. The predicted octanol–water partition coefficient (Wildman–Crippen LogP) is 1.80. The van der Waals surface area contributed by atoms with Gasteiger partial charge in [-0.15, -0.1) is 11.3 Å². The molecule has 0 aliphatic heterocycles. The molecule has 5 nitrogen and oxygen atoms in total. The van der Waals surface area contributed by atoms with Crippen LogP contribution in [0.25, 0.3) is 10.2 Å². The second-order valence-electron chi connectivity index (χ2n) is 5.80. The summed E-state index contributed by atoms with van der Waals surface area (Å²) in [5.74, 6) is 0.632. The predicted molar refractivity (Wildman–Crippen MR) is 82.3 cm³/mol. The Bertz CT molecular complexity index is 688. The first-order valence-corrected chi connectivity index (χ1v) is 7.39. The minimum absolute atomic E-state index is 0.0488. The van der Waals surface area contributed by atoms with Gasteiger partial charge in [-0.2, -0.15) is 0 Å². The molecule has 0 saturated carbocycles. The zero-order chi connectivity index (χ0) is 15.1. The molecular weight excluding hydrogens is 274 g/mol. The normalized spacial score (nSPS) is 12.6. The number of hydrogen-bond donors (Lipinski definition) is 2. The first-order valence-electron chi connectivity index (χ1n) is 6.57. The summed E-state index contributed by atoms with van der Waals surface area (Å²) in [5.41, 5.74) is 0.575. The van der Waals surface area contributed by atoms with Gasteiger partial charge in [-0.1, -0.05) is 0 Å². The molecule has 2 rings (SSSR count). The first kappa shape index (κ1) is 15.2. The third-order valence-corrected chi connectivity index (χ3v) is 5.00. The standard InChI is InChI=1S/C14H21N3O2S/c1-8-9(2)20-13-11(8)12(19)15-10(16-13)6-17(5)14(3,4)7-18/h18H,6-7H2,1-5H3,(H,15,16,19). The Labute approximate surface area is 122 Å². The molecule has 0 aromatic carbocycles. The summed E-state index contributed by atoms with van der Waals surface area (Å²) < 4.78 is 0. The smallest absolute Gasteiger partial charge is 0.259 e. The van der Waals surface area contributed by atoms with Gasteiger partial charge in [-0.05, 0) is 40.3 Å². The van der Waals surface area contributed by atoms with E-state index in [9.17, 15) is 9.90 Å². The quantitative estimate of drug-likeness (QED) is 0.902. The number of nitrogens with zero attached hydrogens (tertiary/aromatic N) is 2. The van der Waals surface area contributed by atoms with Crippen LogP contribution < -0.4 is 5.56 Å². The van der Waals surface area contributed by atoms with Crippen LogP contribution in [0, 0.1) is 13.8 Å². The maximum absolute atomic E-state index is 12.2. The Morgan fingerprint density at radius 1 is 1.40 bits per heavy atom. The van der Waals surface area contributed by atoms with Crippen LogP contribution in [0.2, 0.25) is 0 Å². The molecular formula is C14H21N3O2S. The van der Waals surface area contributed by atoms with Gasteiger partial charge in [0.25, 0.3) is 5.56 Å². The molecule has 2 N–H and O–H groups in total. The molecule has 0 bridgehead atoms. The molecule has 2 aromatic rings. The van der Waals surface area contributed by atoms with Crippen LogP contribution in [0.15, 0.2) is 4.79 Å². The van der Waals surface area contributed by atoms with Crippen molar-refractivity contribution < 1.29 is 5.11 Å². The Hall–Kier alpha value is -1.24. The molecule has 2 heterocycles. The fourth-order valence-corrected chi connectivity index (χ4v) is 2.98. The van der Waals surface area contributed by atoms with Crippen LogP contribution in [0.3, 0.4) is 0 Å². The van der Waals surface area contributed by atoms with Crippen LogP contribution in [0.5, 0.6) is 0 Å². The van der Waals surface area contributed by atoms with E-state index in [4.69, 9.17) is 0 Å². The molecule has 0 spiro atoms. The van der Waals surface area contributed by atoms with E-state index in [0.717, 1.165) is 15.3 Å². The average Bonchev–Trinajstić information content (AvgIpc) is 2.65. The van der Waals surface area contributed by atoms with E-state index in [0.29, 0.717) is 17.8 Å². The summed E-state index contributed by atoms with van der Waals surface area (Å²) in [5, 5.41) is 10.1. The highest BCUT2D eigenvalue weighted by Gasteiger charge is 2.23. The topological polar surface area (TPSA) is 69.2 Å². The third-order valence-electron chi connectivity index (χ3n) is 3.90. The summed E-state index contributed by atoms with van der Waals surface area (Å²) >= 11 is 1.55. The fraction of sp³-hybridized carbons (Fsp3) is 0.571. The molecule has 6 heteroatoms. The third kappa shape index (κ3) is 2.63. The second kappa shape index (κ2) is 5.27. The Kier molecular flexibility index (Phi) is 4.00. The zero-order valence-corrected chi connectivity index (χ0v) is 13.4. The van der Waals surface area contributed by atoms with Crippen molar-refractivity contribution >= 4 is 21.6 Å². The van der Waals surface area contributed by atoms with Crippen molar-refractivity contribution in [2.24, 2.45) is 0 Å². The summed E-state index contributed by atoms with van der Waals surface area (Å²) in [6, 6.07) is 0. The lowest BCUT2D eigenvalue weighted by molar-refractivity contribution is 0.0714. The van der Waals surface area contributed by atoms with Crippen molar-refractivity contribution in [3.8, 4) is 0 Å². The Morgan fingerprint density at radius 3 is 2.65 bits per heavy atom. The molecule has 110 valence electrons. The number of H-pyrrole nitrogens is 1. The van der Waals surface area contributed by atoms with Crippen LogP contribution in [0.4, 0.5) is 0 Å². The minimum atomic E-state index is -0.352. The fourth-order valence-electron chi connectivity index (χ4n) is 1.93. The number of hydrogen-bond acceptors (Lipinski definition) is 5. The van der Waals surface area contributed by atoms with Crippen LogP contribution in [0.1, 0.15) is 30.1 Å². The lowest BCUT2D eigenvalue weighted by atomic mass is 10.1. The molecule has 0 saturated heterocycles. The molecule has 0 atom stereocenters. The lowest BCUT2D eigenvalue weighted by Crippen LogP contribution is -2.44. The number of aliphatic hydroxyl groups excluding tert-OH is 1. The second-order valence-corrected chi connectivity index (χ2v) is 7.01. The van der Waals surface area contributed by atoms with Crippen molar-refractivity contribution in [2.45, 2.75) is 39.8 Å². The van der Waals surface area contributed by atoms with Gasteiger partial charge in [0.2, 0.25) is 0 Å². The summed E-state index contributed by atoms with van der Waals surface area (Å²) in [6.45, 7) is 8.39. The number of rotatable bonds is 4. The van der Waals surface area contributed by atoms with Crippen molar-refractivity contribution in [3.05, 3.63) is 26.6 Å². The Balaban J connectivity index is 2.40. The van der Waals surface area contributed by atoms with E-state index in [1.807, 2.05) is 39.6 Å². The van der Waals surface area contributed by atoms with Gasteiger partial charge in [0, 0.05) is 10.4 Å². The largest absolute Gasteiger partial charge is 0.394 e. The summed E-state index contributed by atoms with van der Waals surface area (Å²) in [6.07, 6.45) is 0. The summed E-state index contributed by atoms with van der Waals surface area (Å²) in [4.78, 5) is 23.5. The molecule has 0 aliphatic rings. The van der Waals surface area contributed by atoms with Crippen molar-refractivity contribution in [2.75, 3.05) is 13.7 Å². The number of thiophene rings is 1. The SMILES string of the molecule is Cc1sc2nc(CN(C)C(C)(C)CO)[nH]c(=O)c2c1C. The van der Waals surface area contributed by atoms with E-state index in [1.54, 1.807) is 11.3 Å². The number of aryl methyl sites for hydroxylation is 2. The van der Waals surface area contributed by atoms with Gasteiger partial charge in [0.05, 0.1) is 18.5 Å². The highest BCUT2D eigenvalue weighted by atomic mass is 32.1. The Morgan fingerprint density at radius 2 is 2.05 bits per heavy atom. The number of aromatic amines is 1. The van der Waals surface area contributed by atoms with Crippen LogP contribution in [-0.2, 0) is 6.54 Å². The number of likely N-dealkylation sites (N-methyl/N-ethyl adjacent to an activating group) is 1. The van der Waals surface area contributed by atoms with Crippen LogP contribution >= 0.6 is 11.3 Å². The molecule has 2 aromatic heterocycles. The van der Waals surface area contributed by atoms with Gasteiger partial charge >= 0.3 is 0 Å². The van der Waals surface area contributed by atoms with Gasteiger partial charge in [0.15, 0.2) is 0 Å². The molecule has 0 unspecified atom stereocenters. The van der Waals surface area contributed by atoms with Crippen molar-refractivity contribution in [3.63, 3.8) is 0 Å². The van der Waals surface area contributed by atoms with Crippen LogP contribution in [-0.4, -0.2) is 39.2 Å². The lowest BCUT2D eigenvalue weighted by Gasteiger charge is -2.33. The average molecular weight is 295 g/mol. The molecule has 0 aliphatic carbocycles. The molecule has 0 fully saturated rings. The van der Waals surface area contributed by atoms with E-state index >= 15 is 0 Å². The van der Waals surface area contributed by atoms with Gasteiger partial charge in [-0.25, -0.2) is 4.98 Å².